The lowest BCUT2D eigenvalue weighted by Crippen LogP contribution is -2.33. The number of nitrogens with zero attached hydrogens (tertiary/aromatic N) is 7. The molecular formula is C29H22N8O2. The highest BCUT2D eigenvalue weighted by molar-refractivity contribution is 5.99. The highest BCUT2D eigenvalue weighted by Gasteiger charge is 2.22. The minimum Gasteiger partial charge on any atom is -0.342 e. The number of fused-ring (bicyclic) bond motifs is 2. The fourth-order valence-electron chi connectivity index (χ4n) is 4.42. The Hall–Kier alpha value is -5.56. The van der Waals surface area contributed by atoms with Gasteiger partial charge in [0.15, 0.2) is 5.65 Å². The van der Waals surface area contributed by atoms with Crippen molar-refractivity contribution in [2.24, 2.45) is 7.05 Å². The van der Waals surface area contributed by atoms with Crippen molar-refractivity contribution in [3.63, 3.8) is 0 Å². The monoisotopic (exact) mass is 514 g/mol. The van der Waals surface area contributed by atoms with Crippen molar-refractivity contribution in [3.05, 3.63) is 118 Å². The normalized spacial score (nSPS) is 11.7. The van der Waals surface area contributed by atoms with Gasteiger partial charge in [0.05, 0.1) is 40.6 Å². The Kier molecular flexibility index (Phi) is 5.93. The molecule has 0 radical (unpaired) electrons. The van der Waals surface area contributed by atoms with Gasteiger partial charge in [-0.2, -0.15) is 10.2 Å². The first-order valence-corrected chi connectivity index (χ1v) is 12.2. The third-order valence-electron chi connectivity index (χ3n) is 6.24. The molecule has 0 aliphatic carbocycles. The van der Waals surface area contributed by atoms with Gasteiger partial charge >= 0.3 is 0 Å². The molecule has 6 aromatic rings. The van der Waals surface area contributed by atoms with Crippen LogP contribution in [-0.4, -0.2) is 39.8 Å². The number of benzene rings is 2. The zero-order chi connectivity index (χ0) is 26.9. The van der Waals surface area contributed by atoms with Gasteiger partial charge in [-0.3, -0.25) is 18.8 Å². The number of aromatic nitrogens is 7. The predicted octanol–water partition coefficient (Wildman–Crippen LogP) is 3.05. The Morgan fingerprint density at radius 2 is 1.85 bits per heavy atom. The molecule has 1 unspecified atom stereocenters. The molecule has 4 heterocycles. The maximum absolute atomic E-state index is 14.1. The highest BCUT2D eigenvalue weighted by atomic mass is 16.2. The van der Waals surface area contributed by atoms with E-state index in [1.54, 1.807) is 54.6 Å². The van der Waals surface area contributed by atoms with Crippen molar-refractivity contribution in [3.8, 4) is 17.5 Å². The van der Waals surface area contributed by atoms with E-state index in [9.17, 15) is 9.59 Å². The number of amides is 1. The van der Waals surface area contributed by atoms with Crippen LogP contribution in [0.2, 0.25) is 0 Å². The Labute approximate surface area is 222 Å². The van der Waals surface area contributed by atoms with Gasteiger partial charge in [0.2, 0.25) is 0 Å². The summed E-state index contributed by atoms with van der Waals surface area (Å²) >= 11 is 0. The number of rotatable bonds is 4. The zero-order valence-corrected chi connectivity index (χ0v) is 21.1. The van der Waals surface area contributed by atoms with E-state index in [-0.39, 0.29) is 11.5 Å². The van der Waals surface area contributed by atoms with Gasteiger partial charge in [0, 0.05) is 31.2 Å². The molecule has 190 valence electrons. The Morgan fingerprint density at radius 3 is 2.64 bits per heavy atom. The lowest BCUT2D eigenvalue weighted by atomic mass is 10.1. The molecule has 4 aromatic heterocycles. The molecule has 10 nitrogen and oxygen atoms in total. The summed E-state index contributed by atoms with van der Waals surface area (Å²) in [7, 11) is 1.82. The van der Waals surface area contributed by atoms with Crippen LogP contribution in [-0.2, 0) is 7.05 Å². The number of aryl methyl sites for hydroxylation is 1. The molecule has 1 atom stereocenters. The van der Waals surface area contributed by atoms with Crippen LogP contribution >= 0.6 is 0 Å². The van der Waals surface area contributed by atoms with Gasteiger partial charge in [-0.25, -0.2) is 14.5 Å². The minimum absolute atomic E-state index is 0.281. The van der Waals surface area contributed by atoms with Crippen LogP contribution in [0.3, 0.4) is 0 Å². The Balaban J connectivity index is 1.47. The highest BCUT2D eigenvalue weighted by Crippen LogP contribution is 2.21. The molecule has 0 fully saturated rings. The van der Waals surface area contributed by atoms with Crippen LogP contribution < -0.4 is 10.9 Å². The maximum atomic E-state index is 14.1. The van der Waals surface area contributed by atoms with Crippen LogP contribution in [0.4, 0.5) is 0 Å². The van der Waals surface area contributed by atoms with Gasteiger partial charge in [-0.05, 0) is 37.3 Å². The van der Waals surface area contributed by atoms with E-state index >= 15 is 0 Å². The van der Waals surface area contributed by atoms with E-state index in [0.29, 0.717) is 39.2 Å². The average molecular weight is 515 g/mol. The average Bonchev–Trinajstić information content (AvgIpc) is 3.58. The molecule has 1 amide bonds. The third-order valence-corrected chi connectivity index (χ3v) is 6.24. The second-order valence-electron chi connectivity index (χ2n) is 8.94. The summed E-state index contributed by atoms with van der Waals surface area (Å²) in [5.41, 5.74) is 2.88. The van der Waals surface area contributed by atoms with E-state index in [4.69, 9.17) is 4.98 Å². The Morgan fingerprint density at radius 1 is 1.00 bits per heavy atom. The summed E-state index contributed by atoms with van der Waals surface area (Å²) in [5.74, 6) is 6.19. The van der Waals surface area contributed by atoms with E-state index in [1.807, 2.05) is 43.4 Å². The second kappa shape index (κ2) is 9.72. The summed E-state index contributed by atoms with van der Waals surface area (Å²) in [5, 5.41) is 11.7. The number of carbonyl (C=O) groups is 1. The lowest BCUT2D eigenvalue weighted by molar-refractivity contribution is 0.0939. The molecule has 0 aliphatic heterocycles. The summed E-state index contributed by atoms with van der Waals surface area (Å²) in [4.78, 5) is 36.4. The van der Waals surface area contributed by atoms with Gasteiger partial charge in [-0.15, -0.1) is 0 Å². The SMILES string of the molecule is CC(NC(=O)c1cnn2cccnc12)c1nc2cccc(C#Cc3cnn(C)c3)c2c(=O)n1-c1ccccc1. The Bertz CT molecular complexity index is 1980. The van der Waals surface area contributed by atoms with Crippen LogP contribution in [0.5, 0.6) is 0 Å². The molecule has 0 aliphatic rings. The van der Waals surface area contributed by atoms with E-state index in [2.05, 4.69) is 32.3 Å². The number of hydrogen-bond acceptors (Lipinski definition) is 6. The quantitative estimate of drug-likeness (QED) is 0.362. The predicted molar refractivity (Wildman–Crippen MR) is 145 cm³/mol. The van der Waals surface area contributed by atoms with Crippen LogP contribution in [0.1, 0.15) is 40.3 Å². The molecule has 10 heteroatoms. The fraction of sp³-hybridized carbons (Fsp3) is 0.103. The van der Waals surface area contributed by atoms with E-state index < -0.39 is 6.04 Å². The van der Waals surface area contributed by atoms with Crippen LogP contribution in [0, 0.1) is 11.8 Å². The van der Waals surface area contributed by atoms with Crippen molar-refractivity contribution in [2.45, 2.75) is 13.0 Å². The third kappa shape index (κ3) is 4.42. The molecule has 39 heavy (non-hydrogen) atoms. The molecule has 0 saturated heterocycles. The first-order valence-electron chi connectivity index (χ1n) is 12.2. The van der Waals surface area contributed by atoms with Gasteiger partial charge < -0.3 is 5.32 Å². The topological polar surface area (TPSA) is 112 Å². The number of carbonyl (C=O) groups excluding carboxylic acids is 1. The standard InChI is InChI=1S/C29H22N8O2/c1-19(33-28(38)23-17-32-36-15-7-14-30-27(23)36)26-34-24-11-6-8-21(13-12-20-16-31-35(2)18-20)25(24)29(39)37(26)22-9-4-3-5-10-22/h3-11,14-19H,1-2H3,(H,33,38). The van der Waals surface area contributed by atoms with E-state index in [1.165, 1.54) is 15.3 Å². The molecule has 2 aromatic carbocycles. The smallest absolute Gasteiger partial charge is 0.267 e. The van der Waals surface area contributed by atoms with Crippen molar-refractivity contribution in [1.29, 1.82) is 0 Å². The molecule has 1 N–H and O–H groups in total. The fourth-order valence-corrected chi connectivity index (χ4v) is 4.42. The largest absolute Gasteiger partial charge is 0.342 e. The summed E-state index contributed by atoms with van der Waals surface area (Å²) in [6.45, 7) is 1.79. The molecule has 6 rings (SSSR count). The molecule has 0 bridgehead atoms. The summed E-state index contributed by atoms with van der Waals surface area (Å²) < 4.78 is 4.72. The van der Waals surface area contributed by atoms with Crippen LogP contribution in [0.15, 0.2) is 90.4 Å². The number of para-hydroxylation sites is 1. The van der Waals surface area contributed by atoms with Gasteiger partial charge in [-0.1, -0.05) is 36.1 Å². The zero-order valence-electron chi connectivity index (χ0n) is 21.1. The van der Waals surface area contributed by atoms with Gasteiger partial charge in [0.25, 0.3) is 11.5 Å². The van der Waals surface area contributed by atoms with Crippen LogP contribution in [0.25, 0.3) is 22.2 Å². The first kappa shape index (κ1) is 23.8. The summed E-state index contributed by atoms with van der Waals surface area (Å²) in [6.07, 6.45) is 8.26. The van der Waals surface area contributed by atoms with Crippen molar-refractivity contribution >= 4 is 22.5 Å². The summed E-state index contributed by atoms with van der Waals surface area (Å²) in [6, 6.07) is 15.7. The lowest BCUT2D eigenvalue weighted by Gasteiger charge is -2.20. The molecule has 0 saturated carbocycles. The van der Waals surface area contributed by atoms with Crippen molar-refractivity contribution in [1.82, 2.24) is 39.2 Å². The first-order chi connectivity index (χ1) is 19.0. The van der Waals surface area contributed by atoms with Gasteiger partial charge in [0.1, 0.15) is 11.4 Å². The maximum Gasteiger partial charge on any atom is 0.267 e. The van der Waals surface area contributed by atoms with E-state index in [0.717, 1.165) is 5.56 Å². The number of nitrogens with one attached hydrogen (secondary N) is 1. The number of hydrogen-bond donors (Lipinski definition) is 1. The molecular weight excluding hydrogens is 492 g/mol. The molecule has 0 spiro atoms. The second-order valence-corrected chi connectivity index (χ2v) is 8.94. The van der Waals surface area contributed by atoms with Crippen molar-refractivity contribution in [2.75, 3.05) is 0 Å². The minimum atomic E-state index is -0.626. The van der Waals surface area contributed by atoms with Crippen molar-refractivity contribution < 1.29 is 4.79 Å².